The van der Waals surface area contributed by atoms with Crippen LogP contribution in [0.1, 0.15) is 11.1 Å². The van der Waals surface area contributed by atoms with Crippen LogP contribution in [0.2, 0.25) is 0 Å². The van der Waals surface area contributed by atoms with Gasteiger partial charge in [0.05, 0.1) is 0 Å². The van der Waals surface area contributed by atoms with Crippen molar-refractivity contribution in [2.24, 2.45) is 0 Å². The molecule has 0 unspecified atom stereocenters. The van der Waals surface area contributed by atoms with Gasteiger partial charge in [-0.15, -0.1) is 12.6 Å². The summed E-state index contributed by atoms with van der Waals surface area (Å²) in [6.45, 7) is 2.43. The van der Waals surface area contributed by atoms with E-state index in [4.69, 9.17) is 9.84 Å². The Bertz CT molecular complexity index is 924. The molecule has 4 nitrogen and oxygen atoms in total. The second-order valence-electron chi connectivity index (χ2n) is 6.39. The smallest absolute Gasteiger partial charge is 0.341 e. The van der Waals surface area contributed by atoms with E-state index in [-0.39, 0.29) is 12.4 Å². The van der Waals surface area contributed by atoms with Gasteiger partial charge in [-0.1, -0.05) is 35.9 Å². The van der Waals surface area contributed by atoms with Gasteiger partial charge in [0.1, 0.15) is 11.6 Å². The number of benzene rings is 3. The third kappa shape index (κ3) is 7.60. The highest BCUT2D eigenvalue weighted by Crippen LogP contribution is 2.31. The van der Waals surface area contributed by atoms with E-state index in [0.717, 1.165) is 33.7 Å². The van der Waals surface area contributed by atoms with E-state index >= 15 is 0 Å². The van der Waals surface area contributed by atoms with Crippen LogP contribution in [0.15, 0.2) is 71.6 Å². The average Bonchev–Trinajstić information content (AvgIpc) is 2.70. The van der Waals surface area contributed by atoms with Gasteiger partial charge in [0.15, 0.2) is 6.61 Å². The number of aryl methyl sites for hydroxylation is 1. The molecule has 0 saturated heterocycles. The maximum Gasteiger partial charge on any atom is 0.341 e. The molecule has 0 bridgehead atoms. The van der Waals surface area contributed by atoms with E-state index < -0.39 is 5.97 Å². The zero-order chi connectivity index (χ0) is 21.2. The Morgan fingerprint density at radius 1 is 1.10 bits per heavy atom. The van der Waals surface area contributed by atoms with Crippen LogP contribution in [0.25, 0.3) is 11.1 Å². The zero-order valence-corrected chi connectivity index (χ0v) is 17.2. The Kier molecular flexibility index (Phi) is 8.70. The van der Waals surface area contributed by atoms with Crippen molar-refractivity contribution in [3.63, 3.8) is 0 Å². The fraction of sp³-hybridized carbons (Fsp3) is 0.174. The molecule has 0 fully saturated rings. The van der Waals surface area contributed by atoms with Crippen LogP contribution < -0.4 is 10.1 Å². The van der Waals surface area contributed by atoms with Crippen molar-refractivity contribution in [1.29, 1.82) is 0 Å². The largest absolute Gasteiger partial charge is 0.481 e. The number of hydrogen-bond donors (Lipinski definition) is 3. The molecular weight excluding hydrogens is 389 g/mol. The van der Waals surface area contributed by atoms with Gasteiger partial charge in [0.25, 0.3) is 0 Å². The minimum absolute atomic E-state index is 0.220. The highest BCUT2D eigenvalue weighted by atomic mass is 32.1. The maximum atomic E-state index is 12.1. The number of carboxylic acid groups (broad SMARTS) is 1. The summed E-state index contributed by atoms with van der Waals surface area (Å²) < 4.78 is 17.5. The second kappa shape index (κ2) is 11.2. The first-order valence-electron chi connectivity index (χ1n) is 9.02. The second-order valence-corrected chi connectivity index (χ2v) is 6.91. The molecule has 0 aliphatic heterocycles. The number of halogens is 1. The highest BCUT2D eigenvalue weighted by Gasteiger charge is 2.09. The third-order valence-corrected chi connectivity index (χ3v) is 4.23. The van der Waals surface area contributed by atoms with E-state index in [9.17, 15) is 9.18 Å². The summed E-state index contributed by atoms with van der Waals surface area (Å²) in [5.74, 6) is -0.616. The average molecular weight is 414 g/mol. The highest BCUT2D eigenvalue weighted by molar-refractivity contribution is 7.80. The molecular formula is C23H24FNO3S. The maximum absolute atomic E-state index is 12.1. The molecule has 0 aliphatic rings. The number of hydrogen-bond acceptors (Lipinski definition) is 4. The summed E-state index contributed by atoms with van der Waals surface area (Å²) in [7, 11) is 1.89. The van der Waals surface area contributed by atoms with Crippen LogP contribution in [0.4, 0.5) is 4.39 Å². The molecule has 0 saturated carbocycles. The summed E-state index contributed by atoms with van der Waals surface area (Å²) in [6.07, 6.45) is 0. The van der Waals surface area contributed by atoms with Gasteiger partial charge in [-0.3, -0.25) is 0 Å². The molecule has 3 rings (SSSR count). The number of carbonyl (C=O) groups is 1. The summed E-state index contributed by atoms with van der Waals surface area (Å²) in [4.78, 5) is 11.5. The number of ether oxygens (including phenoxy) is 1. The van der Waals surface area contributed by atoms with Crippen LogP contribution in [-0.2, 0) is 11.3 Å². The SMILES string of the molecule is CNCc1ccc(OCC(=O)O)c(-c2cccc(C)c2)c1.Fc1ccc(S)cc1. The molecule has 0 aromatic heterocycles. The molecule has 0 radical (unpaired) electrons. The third-order valence-electron chi connectivity index (χ3n) is 3.93. The van der Waals surface area contributed by atoms with Crippen LogP contribution in [0.3, 0.4) is 0 Å². The minimum Gasteiger partial charge on any atom is -0.481 e. The summed E-state index contributed by atoms with van der Waals surface area (Å²) in [5.41, 5.74) is 4.20. The van der Waals surface area contributed by atoms with Gasteiger partial charge < -0.3 is 15.2 Å². The summed E-state index contributed by atoms with van der Waals surface area (Å²) in [6, 6.07) is 19.8. The molecule has 6 heteroatoms. The Labute approximate surface area is 175 Å². The van der Waals surface area contributed by atoms with E-state index in [1.807, 2.05) is 50.4 Å². The predicted molar refractivity (Wildman–Crippen MR) is 116 cm³/mol. The van der Waals surface area contributed by atoms with E-state index in [2.05, 4.69) is 24.0 Å². The van der Waals surface area contributed by atoms with Crippen molar-refractivity contribution in [3.8, 4) is 16.9 Å². The summed E-state index contributed by atoms with van der Waals surface area (Å²) in [5, 5.41) is 11.9. The van der Waals surface area contributed by atoms with Crippen molar-refractivity contribution < 1.29 is 19.0 Å². The molecule has 0 spiro atoms. The molecule has 0 aliphatic carbocycles. The van der Waals surface area contributed by atoms with Crippen molar-refractivity contribution in [3.05, 3.63) is 83.7 Å². The first-order chi connectivity index (χ1) is 13.9. The van der Waals surface area contributed by atoms with Gasteiger partial charge in [0.2, 0.25) is 0 Å². The van der Waals surface area contributed by atoms with Gasteiger partial charge >= 0.3 is 5.97 Å². The summed E-state index contributed by atoms with van der Waals surface area (Å²) >= 11 is 3.97. The Balaban J connectivity index is 0.000000313. The number of aliphatic carboxylic acids is 1. The van der Waals surface area contributed by atoms with Gasteiger partial charge in [-0.25, -0.2) is 9.18 Å². The quantitative estimate of drug-likeness (QED) is 0.500. The number of thiol groups is 1. The molecule has 3 aromatic carbocycles. The minimum atomic E-state index is -0.982. The first-order valence-corrected chi connectivity index (χ1v) is 9.47. The Morgan fingerprint density at radius 2 is 1.83 bits per heavy atom. The topological polar surface area (TPSA) is 58.6 Å². The van der Waals surface area contributed by atoms with Crippen molar-refractivity contribution in [2.75, 3.05) is 13.7 Å². The first kappa shape index (κ1) is 22.5. The van der Waals surface area contributed by atoms with E-state index in [1.54, 1.807) is 12.1 Å². The molecule has 0 heterocycles. The van der Waals surface area contributed by atoms with Crippen LogP contribution in [0.5, 0.6) is 5.75 Å². The number of nitrogens with one attached hydrogen (secondary N) is 1. The van der Waals surface area contributed by atoms with Gasteiger partial charge in [-0.2, -0.15) is 0 Å². The fourth-order valence-corrected chi connectivity index (χ4v) is 2.78. The molecule has 2 N–H and O–H groups in total. The molecule has 29 heavy (non-hydrogen) atoms. The predicted octanol–water partition coefficient (Wildman–Crippen LogP) is 4.96. The molecule has 0 amide bonds. The number of rotatable bonds is 6. The Morgan fingerprint density at radius 3 is 2.41 bits per heavy atom. The van der Waals surface area contributed by atoms with Crippen molar-refractivity contribution in [2.45, 2.75) is 18.4 Å². The van der Waals surface area contributed by atoms with E-state index in [1.165, 1.54) is 12.1 Å². The number of carboxylic acids is 1. The van der Waals surface area contributed by atoms with Crippen molar-refractivity contribution in [1.82, 2.24) is 5.32 Å². The Hall–Kier alpha value is -2.83. The lowest BCUT2D eigenvalue weighted by Gasteiger charge is -2.13. The van der Waals surface area contributed by atoms with Crippen LogP contribution in [-0.4, -0.2) is 24.7 Å². The van der Waals surface area contributed by atoms with Gasteiger partial charge in [0, 0.05) is 17.0 Å². The lowest BCUT2D eigenvalue weighted by molar-refractivity contribution is -0.139. The van der Waals surface area contributed by atoms with E-state index in [0.29, 0.717) is 5.75 Å². The van der Waals surface area contributed by atoms with Crippen LogP contribution >= 0.6 is 12.6 Å². The monoisotopic (exact) mass is 413 g/mol. The van der Waals surface area contributed by atoms with Gasteiger partial charge in [-0.05, 0) is 61.5 Å². The lowest BCUT2D eigenvalue weighted by atomic mass is 10.00. The molecule has 152 valence electrons. The normalized spacial score (nSPS) is 10.1. The molecule has 0 atom stereocenters. The fourth-order valence-electron chi connectivity index (χ4n) is 2.64. The standard InChI is InChI=1S/C17H19NO3.C6H5FS/c1-12-4-3-5-14(8-12)15-9-13(10-18-2)6-7-16(15)21-11-17(19)20;7-5-1-3-6(8)4-2-5/h3-9,18H,10-11H2,1-2H3,(H,19,20);1-4,8H. The van der Waals surface area contributed by atoms with Crippen molar-refractivity contribution >= 4 is 18.6 Å². The van der Waals surface area contributed by atoms with Crippen LogP contribution in [0, 0.1) is 12.7 Å². The zero-order valence-electron chi connectivity index (χ0n) is 16.4. The lowest BCUT2D eigenvalue weighted by Crippen LogP contribution is -2.10. The molecule has 3 aromatic rings.